The molecule has 2 aromatic rings. The highest BCUT2D eigenvalue weighted by atomic mass is 79.9. The Balaban J connectivity index is 1.72. The number of aromatic nitrogens is 1. The lowest BCUT2D eigenvalue weighted by Crippen LogP contribution is -2.47. The fourth-order valence-electron chi connectivity index (χ4n) is 4.59. The van der Waals surface area contributed by atoms with Crippen LogP contribution < -0.4 is 5.32 Å². The molecule has 24 heavy (non-hydrogen) atoms. The van der Waals surface area contributed by atoms with Gasteiger partial charge in [-0.25, -0.2) is 4.98 Å². The molecule has 0 unspecified atom stereocenters. The normalized spacial score (nSPS) is 34.0. The third-order valence-electron chi connectivity index (χ3n) is 6.64. The molecular weight excluding hydrogens is 388 g/mol. The molecule has 1 N–H and O–H groups in total. The van der Waals surface area contributed by atoms with Crippen molar-refractivity contribution in [2.75, 3.05) is 5.32 Å². The Morgan fingerprint density at radius 2 is 2.00 bits per heavy atom. The number of hydrogen-bond acceptors (Lipinski definition) is 4. The highest BCUT2D eigenvalue weighted by molar-refractivity contribution is 9.10. The number of anilines is 1. The van der Waals surface area contributed by atoms with Gasteiger partial charge >= 0.3 is 0 Å². The lowest BCUT2D eigenvalue weighted by Gasteiger charge is -2.39. The van der Waals surface area contributed by atoms with Crippen LogP contribution in [0.15, 0.2) is 24.3 Å². The SMILES string of the molecule is CC1(C)[C@@]2(C)CC[C@]1(C(=O)Nc1nc3ccccc3s1)[C@H](Br)C2=O. The van der Waals surface area contributed by atoms with Gasteiger partial charge in [0.2, 0.25) is 5.91 Å². The van der Waals surface area contributed by atoms with Gasteiger partial charge < -0.3 is 5.32 Å². The number of nitrogens with one attached hydrogen (secondary N) is 1. The van der Waals surface area contributed by atoms with Gasteiger partial charge in [-0.05, 0) is 30.4 Å². The first kappa shape index (κ1) is 16.2. The summed E-state index contributed by atoms with van der Waals surface area (Å²) in [5, 5.41) is 3.60. The van der Waals surface area contributed by atoms with Crippen LogP contribution >= 0.6 is 27.3 Å². The molecule has 2 fully saturated rings. The van der Waals surface area contributed by atoms with Crippen LogP contribution in [0.4, 0.5) is 5.13 Å². The van der Waals surface area contributed by atoms with E-state index in [1.54, 1.807) is 0 Å². The summed E-state index contributed by atoms with van der Waals surface area (Å²) in [6, 6.07) is 7.81. The molecule has 4 nitrogen and oxygen atoms in total. The van der Waals surface area contributed by atoms with E-state index in [9.17, 15) is 9.59 Å². The Morgan fingerprint density at radius 3 is 2.62 bits per heavy atom. The molecule has 2 saturated carbocycles. The van der Waals surface area contributed by atoms with Crippen molar-refractivity contribution >= 4 is 54.3 Å². The van der Waals surface area contributed by atoms with Crippen molar-refractivity contribution in [1.29, 1.82) is 0 Å². The molecular formula is C18H19BrN2O2S. The number of benzene rings is 1. The first-order chi connectivity index (χ1) is 11.2. The van der Waals surface area contributed by atoms with Crippen molar-refractivity contribution in [2.24, 2.45) is 16.2 Å². The van der Waals surface area contributed by atoms with Gasteiger partial charge in [0.25, 0.3) is 0 Å². The highest BCUT2D eigenvalue weighted by Crippen LogP contribution is 2.72. The topological polar surface area (TPSA) is 59.1 Å². The maximum atomic E-state index is 13.3. The fourth-order valence-corrected chi connectivity index (χ4v) is 6.96. The van der Waals surface area contributed by atoms with Gasteiger partial charge in [0.05, 0.1) is 20.5 Å². The zero-order valence-corrected chi connectivity index (χ0v) is 16.3. The number of nitrogens with zero attached hydrogens (tertiary/aromatic N) is 1. The quantitative estimate of drug-likeness (QED) is 0.751. The Kier molecular flexibility index (Phi) is 3.30. The van der Waals surface area contributed by atoms with Crippen LogP contribution in [0.3, 0.4) is 0 Å². The van der Waals surface area contributed by atoms with E-state index in [0.717, 1.165) is 23.1 Å². The Morgan fingerprint density at radius 1 is 1.29 bits per heavy atom. The predicted octanol–water partition coefficient (Wildman–Crippen LogP) is 4.39. The minimum Gasteiger partial charge on any atom is -0.301 e. The van der Waals surface area contributed by atoms with Crippen LogP contribution in [0.1, 0.15) is 33.6 Å². The molecule has 0 aliphatic heterocycles. The van der Waals surface area contributed by atoms with Crippen LogP contribution in [0.2, 0.25) is 0 Å². The minimum absolute atomic E-state index is 0.0944. The van der Waals surface area contributed by atoms with Crippen molar-refractivity contribution in [2.45, 2.75) is 38.4 Å². The van der Waals surface area contributed by atoms with E-state index in [-0.39, 0.29) is 11.7 Å². The Hall–Kier alpha value is -1.27. The minimum atomic E-state index is -0.726. The van der Waals surface area contributed by atoms with Crippen LogP contribution in [-0.4, -0.2) is 21.5 Å². The second-order valence-electron chi connectivity index (χ2n) is 7.60. The molecule has 4 rings (SSSR count). The fraction of sp³-hybridized carbons (Fsp3) is 0.500. The molecule has 0 radical (unpaired) electrons. The number of rotatable bonds is 2. The number of para-hydroxylation sites is 1. The average Bonchev–Trinajstić information content (AvgIpc) is 3.06. The Bertz CT molecular complexity index is 844. The molecule has 2 aliphatic rings. The zero-order chi connectivity index (χ0) is 17.3. The molecule has 1 heterocycles. The second-order valence-corrected chi connectivity index (χ2v) is 9.54. The van der Waals surface area contributed by atoms with E-state index in [1.807, 2.05) is 31.2 Å². The van der Waals surface area contributed by atoms with Gasteiger partial charge in [0, 0.05) is 5.41 Å². The van der Waals surface area contributed by atoms with E-state index in [2.05, 4.69) is 40.1 Å². The molecule has 0 spiro atoms. The summed E-state index contributed by atoms with van der Waals surface area (Å²) in [5.74, 6) is 0.0567. The first-order valence-electron chi connectivity index (χ1n) is 8.09. The lowest BCUT2D eigenvalue weighted by molar-refractivity contribution is -0.130. The van der Waals surface area contributed by atoms with Gasteiger partial charge in [0.1, 0.15) is 0 Å². The molecule has 1 aromatic carbocycles. The van der Waals surface area contributed by atoms with E-state index in [1.165, 1.54) is 11.3 Å². The second kappa shape index (κ2) is 4.88. The van der Waals surface area contributed by atoms with E-state index in [4.69, 9.17) is 0 Å². The van der Waals surface area contributed by atoms with Crippen molar-refractivity contribution in [3.05, 3.63) is 24.3 Å². The third kappa shape index (κ3) is 1.71. The maximum Gasteiger partial charge on any atom is 0.234 e. The van der Waals surface area contributed by atoms with Crippen molar-refractivity contribution < 1.29 is 9.59 Å². The van der Waals surface area contributed by atoms with Gasteiger partial charge in [-0.3, -0.25) is 9.59 Å². The van der Waals surface area contributed by atoms with Gasteiger partial charge in [-0.1, -0.05) is 60.2 Å². The van der Waals surface area contributed by atoms with Crippen molar-refractivity contribution in [3.8, 4) is 0 Å². The molecule has 6 heteroatoms. The Labute approximate surface area is 153 Å². The average molecular weight is 407 g/mol. The van der Waals surface area contributed by atoms with Crippen molar-refractivity contribution in [3.63, 3.8) is 0 Å². The molecule has 0 saturated heterocycles. The van der Waals surface area contributed by atoms with Gasteiger partial charge in [-0.15, -0.1) is 0 Å². The summed E-state index contributed by atoms with van der Waals surface area (Å²) in [6.07, 6.45) is 1.48. The molecule has 1 aromatic heterocycles. The molecule has 126 valence electrons. The number of amides is 1. The standard InChI is InChI=1S/C18H19BrN2O2S/c1-16(2)17(3)8-9-18(16,12(19)13(17)22)14(23)21-15-20-10-6-4-5-7-11(10)24-15/h4-7,12H,8-9H2,1-3H3,(H,20,21,23)/t12-,17+,18-/m1/s1. The number of thiazole rings is 1. The number of halogens is 1. The molecule has 1 amide bonds. The molecule has 2 bridgehead atoms. The first-order valence-corrected chi connectivity index (χ1v) is 9.83. The number of Topliss-reactive ketones (excluding diaryl/α,β-unsaturated/α-hetero) is 1. The smallest absolute Gasteiger partial charge is 0.234 e. The molecule has 3 atom stereocenters. The number of carbonyl (C=O) groups is 2. The van der Waals surface area contributed by atoms with Crippen LogP contribution in [0.25, 0.3) is 10.2 Å². The van der Waals surface area contributed by atoms with Gasteiger partial charge in [-0.2, -0.15) is 0 Å². The zero-order valence-electron chi connectivity index (χ0n) is 13.9. The third-order valence-corrected chi connectivity index (χ3v) is 8.79. The summed E-state index contributed by atoms with van der Waals surface area (Å²) >= 11 is 5.02. The number of fused-ring (bicyclic) bond motifs is 3. The summed E-state index contributed by atoms with van der Waals surface area (Å²) < 4.78 is 1.04. The largest absolute Gasteiger partial charge is 0.301 e. The van der Waals surface area contributed by atoms with Crippen LogP contribution in [0, 0.1) is 16.2 Å². The van der Waals surface area contributed by atoms with E-state index >= 15 is 0 Å². The summed E-state index contributed by atoms with van der Waals surface area (Å²) in [4.78, 5) is 30.1. The summed E-state index contributed by atoms with van der Waals surface area (Å²) in [7, 11) is 0. The number of carbonyl (C=O) groups excluding carboxylic acids is 2. The van der Waals surface area contributed by atoms with Crippen LogP contribution in [0.5, 0.6) is 0 Å². The maximum absolute atomic E-state index is 13.3. The van der Waals surface area contributed by atoms with Crippen molar-refractivity contribution in [1.82, 2.24) is 4.98 Å². The lowest BCUT2D eigenvalue weighted by atomic mass is 9.64. The number of alkyl halides is 1. The summed E-state index contributed by atoms with van der Waals surface area (Å²) in [6.45, 7) is 6.11. The monoisotopic (exact) mass is 406 g/mol. The number of hydrogen-bond donors (Lipinski definition) is 1. The van der Waals surface area contributed by atoms with E-state index < -0.39 is 21.1 Å². The molecule has 2 aliphatic carbocycles. The van der Waals surface area contributed by atoms with Crippen LogP contribution in [-0.2, 0) is 9.59 Å². The van der Waals surface area contributed by atoms with E-state index in [0.29, 0.717) is 5.13 Å². The highest BCUT2D eigenvalue weighted by Gasteiger charge is 2.76. The number of ketones is 1. The predicted molar refractivity (Wildman–Crippen MR) is 99.5 cm³/mol. The summed E-state index contributed by atoms with van der Waals surface area (Å²) in [5.41, 5.74) is -0.696. The van der Waals surface area contributed by atoms with Gasteiger partial charge in [0.15, 0.2) is 10.9 Å².